The van der Waals surface area contributed by atoms with Crippen LogP contribution in [0.3, 0.4) is 0 Å². The van der Waals surface area contributed by atoms with E-state index in [0.29, 0.717) is 19.6 Å². The SMILES string of the molecule is CCC1(C)NC(=O)C(C(C)C)N(C2(C)CCOC2)C1=O. The zero-order valence-corrected chi connectivity index (χ0v) is 13.2. The predicted octanol–water partition coefficient (Wildman–Crippen LogP) is 1.32. The quantitative estimate of drug-likeness (QED) is 0.849. The first-order valence-corrected chi connectivity index (χ1v) is 7.49. The first kappa shape index (κ1) is 15.3. The van der Waals surface area contributed by atoms with Gasteiger partial charge in [0.2, 0.25) is 11.8 Å². The molecule has 2 heterocycles. The van der Waals surface area contributed by atoms with Crippen LogP contribution in [-0.4, -0.2) is 47.0 Å². The Kier molecular flexibility index (Phi) is 3.84. The molecular weight excluding hydrogens is 256 g/mol. The van der Waals surface area contributed by atoms with Crippen LogP contribution in [0.5, 0.6) is 0 Å². The van der Waals surface area contributed by atoms with Gasteiger partial charge in [0, 0.05) is 6.61 Å². The first-order valence-electron chi connectivity index (χ1n) is 7.49. The fraction of sp³-hybridized carbons (Fsp3) is 0.867. The number of amides is 2. The maximum Gasteiger partial charge on any atom is 0.249 e. The summed E-state index contributed by atoms with van der Waals surface area (Å²) >= 11 is 0. The molecule has 2 rings (SSSR count). The minimum absolute atomic E-state index is 0.0197. The van der Waals surface area contributed by atoms with Crippen LogP contribution in [0, 0.1) is 5.92 Å². The second-order valence-corrected chi connectivity index (χ2v) is 6.84. The van der Waals surface area contributed by atoms with Gasteiger partial charge in [-0.1, -0.05) is 20.8 Å². The molecule has 114 valence electrons. The van der Waals surface area contributed by atoms with Gasteiger partial charge in [-0.3, -0.25) is 9.59 Å². The van der Waals surface area contributed by atoms with Crippen LogP contribution in [0.15, 0.2) is 0 Å². The molecule has 1 N–H and O–H groups in total. The molecule has 2 amide bonds. The summed E-state index contributed by atoms with van der Waals surface area (Å²) in [5.74, 6) is 0.0566. The third-order valence-corrected chi connectivity index (χ3v) is 4.75. The van der Waals surface area contributed by atoms with E-state index in [4.69, 9.17) is 4.74 Å². The van der Waals surface area contributed by atoms with Crippen molar-refractivity contribution in [1.82, 2.24) is 10.2 Å². The second kappa shape index (κ2) is 5.02. The summed E-state index contributed by atoms with van der Waals surface area (Å²) in [4.78, 5) is 27.3. The summed E-state index contributed by atoms with van der Waals surface area (Å²) < 4.78 is 5.50. The van der Waals surface area contributed by atoms with Crippen LogP contribution in [0.1, 0.15) is 47.5 Å². The van der Waals surface area contributed by atoms with Gasteiger partial charge in [-0.25, -0.2) is 0 Å². The number of nitrogens with zero attached hydrogens (tertiary/aromatic N) is 1. The molecule has 20 heavy (non-hydrogen) atoms. The van der Waals surface area contributed by atoms with Crippen LogP contribution in [0.25, 0.3) is 0 Å². The second-order valence-electron chi connectivity index (χ2n) is 6.84. The van der Waals surface area contributed by atoms with Gasteiger partial charge in [0.25, 0.3) is 0 Å². The van der Waals surface area contributed by atoms with Gasteiger partial charge < -0.3 is 15.0 Å². The fourth-order valence-electron chi connectivity index (χ4n) is 3.18. The largest absolute Gasteiger partial charge is 0.379 e. The maximum absolute atomic E-state index is 13.0. The highest BCUT2D eigenvalue weighted by Crippen LogP contribution is 2.35. The van der Waals surface area contributed by atoms with Crippen molar-refractivity contribution in [2.75, 3.05) is 13.2 Å². The highest BCUT2D eigenvalue weighted by Gasteiger charge is 2.54. The highest BCUT2D eigenvalue weighted by atomic mass is 16.5. The third-order valence-electron chi connectivity index (χ3n) is 4.75. The van der Waals surface area contributed by atoms with Crippen LogP contribution in [-0.2, 0) is 14.3 Å². The van der Waals surface area contributed by atoms with Gasteiger partial charge in [-0.15, -0.1) is 0 Å². The van der Waals surface area contributed by atoms with Gasteiger partial charge in [0.15, 0.2) is 0 Å². The van der Waals surface area contributed by atoms with Gasteiger partial charge in [-0.2, -0.15) is 0 Å². The van der Waals surface area contributed by atoms with Crippen LogP contribution >= 0.6 is 0 Å². The van der Waals surface area contributed by atoms with Crippen molar-refractivity contribution in [2.45, 2.75) is 64.6 Å². The van der Waals surface area contributed by atoms with Crippen molar-refractivity contribution in [1.29, 1.82) is 0 Å². The molecule has 0 bridgehead atoms. The Morgan fingerprint density at radius 1 is 1.40 bits per heavy atom. The lowest BCUT2D eigenvalue weighted by Gasteiger charge is -2.51. The number of ether oxygens (including phenoxy) is 1. The first-order chi connectivity index (χ1) is 9.25. The summed E-state index contributed by atoms with van der Waals surface area (Å²) in [6, 6.07) is -0.408. The normalized spacial score (nSPS) is 38.5. The van der Waals surface area contributed by atoms with E-state index in [2.05, 4.69) is 5.32 Å². The van der Waals surface area contributed by atoms with Crippen molar-refractivity contribution < 1.29 is 14.3 Å². The number of rotatable bonds is 3. The average molecular weight is 282 g/mol. The molecule has 0 saturated carbocycles. The standard InChI is InChI=1S/C15H26N2O3/c1-6-15(5)13(19)17(14(4)7-8-20-9-14)11(10(2)3)12(18)16-15/h10-11H,6-9H2,1-5H3,(H,16,18). The molecule has 2 fully saturated rings. The number of piperazine rings is 1. The number of carbonyl (C=O) groups is 2. The lowest BCUT2D eigenvalue weighted by atomic mass is 9.83. The molecule has 0 aliphatic carbocycles. The Hall–Kier alpha value is -1.10. The zero-order chi connectivity index (χ0) is 15.1. The van der Waals surface area contributed by atoms with Gasteiger partial charge in [0.05, 0.1) is 12.1 Å². The predicted molar refractivity (Wildman–Crippen MR) is 76.2 cm³/mol. The van der Waals surface area contributed by atoms with Crippen molar-refractivity contribution in [3.05, 3.63) is 0 Å². The van der Waals surface area contributed by atoms with Crippen LogP contribution in [0.2, 0.25) is 0 Å². The molecule has 0 spiro atoms. The smallest absolute Gasteiger partial charge is 0.249 e. The average Bonchev–Trinajstić information content (AvgIpc) is 2.80. The number of hydrogen-bond acceptors (Lipinski definition) is 3. The summed E-state index contributed by atoms with van der Waals surface area (Å²) in [5.41, 5.74) is -1.17. The van der Waals surface area contributed by atoms with Crippen LogP contribution < -0.4 is 5.32 Å². The number of hydrogen-bond donors (Lipinski definition) is 1. The van der Waals surface area contributed by atoms with Crippen molar-refractivity contribution >= 4 is 11.8 Å². The lowest BCUT2D eigenvalue weighted by Crippen LogP contribution is -2.74. The Morgan fingerprint density at radius 2 is 2.05 bits per heavy atom. The zero-order valence-electron chi connectivity index (χ0n) is 13.2. The van der Waals surface area contributed by atoms with E-state index < -0.39 is 11.6 Å². The van der Waals surface area contributed by atoms with E-state index in [1.54, 1.807) is 0 Å². The monoisotopic (exact) mass is 282 g/mol. The molecular formula is C15H26N2O3. The van der Waals surface area contributed by atoms with E-state index in [-0.39, 0.29) is 23.3 Å². The summed E-state index contributed by atoms with van der Waals surface area (Å²) in [6.45, 7) is 10.9. The molecule has 0 aromatic carbocycles. The lowest BCUT2D eigenvalue weighted by molar-refractivity contribution is -0.164. The summed E-state index contributed by atoms with van der Waals surface area (Å²) in [7, 11) is 0. The Balaban J connectivity index is 2.44. The maximum atomic E-state index is 13.0. The summed E-state index contributed by atoms with van der Waals surface area (Å²) in [5, 5.41) is 2.92. The minimum Gasteiger partial charge on any atom is -0.379 e. The van der Waals surface area contributed by atoms with Crippen LogP contribution in [0.4, 0.5) is 0 Å². The molecule has 2 saturated heterocycles. The molecule has 2 aliphatic rings. The van der Waals surface area contributed by atoms with Crippen molar-refractivity contribution in [2.24, 2.45) is 5.92 Å². The number of nitrogens with one attached hydrogen (secondary N) is 1. The minimum atomic E-state index is -0.798. The van der Waals surface area contributed by atoms with Gasteiger partial charge in [-0.05, 0) is 32.6 Å². The van der Waals surface area contributed by atoms with E-state index >= 15 is 0 Å². The summed E-state index contributed by atoms with van der Waals surface area (Å²) in [6.07, 6.45) is 1.38. The van der Waals surface area contributed by atoms with E-state index in [0.717, 1.165) is 6.42 Å². The molecule has 0 aromatic heterocycles. The Labute approximate surface area is 121 Å². The van der Waals surface area contributed by atoms with Gasteiger partial charge in [0.1, 0.15) is 11.6 Å². The Bertz CT molecular complexity index is 415. The van der Waals surface area contributed by atoms with E-state index in [1.165, 1.54) is 0 Å². The molecule has 5 heteroatoms. The Morgan fingerprint density at radius 3 is 2.50 bits per heavy atom. The molecule has 3 atom stereocenters. The molecule has 3 unspecified atom stereocenters. The van der Waals surface area contributed by atoms with E-state index in [9.17, 15) is 9.59 Å². The molecule has 5 nitrogen and oxygen atoms in total. The molecule has 0 radical (unpaired) electrons. The fourth-order valence-corrected chi connectivity index (χ4v) is 3.18. The molecule has 0 aromatic rings. The van der Waals surface area contributed by atoms with Crippen molar-refractivity contribution in [3.8, 4) is 0 Å². The van der Waals surface area contributed by atoms with Gasteiger partial charge >= 0.3 is 0 Å². The molecule has 2 aliphatic heterocycles. The third kappa shape index (κ3) is 2.22. The highest BCUT2D eigenvalue weighted by molar-refractivity contribution is 6.00. The topological polar surface area (TPSA) is 58.6 Å². The number of carbonyl (C=O) groups excluding carboxylic acids is 2. The van der Waals surface area contributed by atoms with Crippen molar-refractivity contribution in [3.63, 3.8) is 0 Å². The van der Waals surface area contributed by atoms with E-state index in [1.807, 2.05) is 39.5 Å².